The zero-order valence-corrected chi connectivity index (χ0v) is 16.7. The van der Waals surface area contributed by atoms with Crippen molar-refractivity contribution in [1.29, 1.82) is 0 Å². The first kappa shape index (κ1) is 18.4. The molecule has 2 saturated heterocycles. The van der Waals surface area contributed by atoms with Crippen LogP contribution in [0.1, 0.15) is 19.3 Å². The number of anilines is 1. The van der Waals surface area contributed by atoms with Crippen molar-refractivity contribution in [2.45, 2.75) is 25.3 Å². The summed E-state index contributed by atoms with van der Waals surface area (Å²) >= 11 is 0. The summed E-state index contributed by atoms with van der Waals surface area (Å²) in [6, 6.07) is 6.41. The Morgan fingerprint density at radius 1 is 1.10 bits per heavy atom. The van der Waals surface area contributed by atoms with Crippen LogP contribution in [0.4, 0.5) is 5.82 Å². The van der Waals surface area contributed by atoms with Crippen molar-refractivity contribution in [2.24, 2.45) is 5.41 Å². The third-order valence-electron chi connectivity index (χ3n) is 6.35. The van der Waals surface area contributed by atoms with Gasteiger partial charge in [0.05, 0.1) is 18.3 Å². The number of nitrogens with one attached hydrogen (secondary N) is 1. The third-order valence-corrected chi connectivity index (χ3v) is 6.35. The van der Waals surface area contributed by atoms with Crippen LogP contribution in [0, 0.1) is 5.41 Å². The van der Waals surface area contributed by atoms with E-state index in [-0.39, 0.29) is 0 Å². The number of ether oxygens (including phenoxy) is 1. The molecule has 0 bridgehead atoms. The lowest BCUT2D eigenvalue weighted by Crippen LogP contribution is -2.41. The van der Waals surface area contributed by atoms with E-state index in [1.54, 1.807) is 19.5 Å². The maximum absolute atomic E-state index is 5.35. The fourth-order valence-electron chi connectivity index (χ4n) is 4.76. The monoisotopic (exact) mass is 390 g/mol. The fourth-order valence-corrected chi connectivity index (χ4v) is 4.76. The molecule has 29 heavy (non-hydrogen) atoms. The maximum Gasteiger partial charge on any atom is 0.162 e. The summed E-state index contributed by atoms with van der Waals surface area (Å²) in [6.45, 7) is 3.90. The van der Waals surface area contributed by atoms with Gasteiger partial charge in [0.2, 0.25) is 0 Å². The minimum absolute atomic E-state index is 0.387. The molecule has 0 saturated carbocycles. The molecule has 0 aliphatic carbocycles. The molecule has 2 aliphatic heterocycles. The van der Waals surface area contributed by atoms with E-state index in [9.17, 15) is 0 Å². The van der Waals surface area contributed by atoms with Crippen molar-refractivity contribution in [3.8, 4) is 11.4 Å². The Labute approximate surface area is 170 Å². The van der Waals surface area contributed by atoms with E-state index in [0.29, 0.717) is 11.5 Å². The molecule has 5 heterocycles. The Morgan fingerprint density at radius 2 is 1.90 bits per heavy atom. The van der Waals surface area contributed by atoms with E-state index in [2.05, 4.69) is 20.2 Å². The Morgan fingerprint density at radius 3 is 2.69 bits per heavy atom. The van der Waals surface area contributed by atoms with Crippen LogP contribution in [0.15, 0.2) is 43.0 Å². The highest BCUT2D eigenvalue weighted by atomic mass is 16.5. The molecule has 2 fully saturated rings. The van der Waals surface area contributed by atoms with Crippen LogP contribution in [-0.4, -0.2) is 59.3 Å². The van der Waals surface area contributed by atoms with Gasteiger partial charge in [-0.1, -0.05) is 0 Å². The van der Waals surface area contributed by atoms with Gasteiger partial charge >= 0.3 is 0 Å². The fraction of sp³-hybridized carbons (Fsp3) is 0.455. The number of nitrogens with zero attached hydrogens (tertiary/aromatic N) is 5. The van der Waals surface area contributed by atoms with Crippen molar-refractivity contribution in [3.05, 3.63) is 43.0 Å². The van der Waals surface area contributed by atoms with E-state index in [1.165, 1.54) is 19.3 Å². The number of aromatic nitrogens is 4. The summed E-state index contributed by atoms with van der Waals surface area (Å²) < 4.78 is 5.35. The van der Waals surface area contributed by atoms with Crippen LogP contribution in [-0.2, 0) is 4.74 Å². The topological polar surface area (TPSA) is 76.1 Å². The van der Waals surface area contributed by atoms with Crippen LogP contribution < -0.4 is 10.2 Å². The van der Waals surface area contributed by atoms with E-state index in [0.717, 1.165) is 54.3 Å². The van der Waals surface area contributed by atoms with Gasteiger partial charge < -0.3 is 15.0 Å². The molecule has 3 aromatic heterocycles. The van der Waals surface area contributed by atoms with Gasteiger partial charge in [0.1, 0.15) is 5.82 Å². The SMILES string of the molecule is COC[C@H]1CC2(CCN(c3nc(-c4ccncc4)nc4cnccc34)CC2)CN1. The van der Waals surface area contributed by atoms with E-state index in [4.69, 9.17) is 14.7 Å². The van der Waals surface area contributed by atoms with Gasteiger partial charge in [0.15, 0.2) is 5.82 Å². The van der Waals surface area contributed by atoms with E-state index < -0.39 is 0 Å². The van der Waals surface area contributed by atoms with Gasteiger partial charge in [-0.25, -0.2) is 9.97 Å². The molecular weight excluding hydrogens is 364 g/mol. The second kappa shape index (κ2) is 7.65. The molecule has 5 rings (SSSR count). The summed E-state index contributed by atoms with van der Waals surface area (Å²) in [7, 11) is 1.78. The molecule has 1 spiro atoms. The Kier molecular flexibility index (Phi) is 4.85. The summed E-state index contributed by atoms with van der Waals surface area (Å²) in [5.74, 6) is 1.74. The van der Waals surface area contributed by atoms with Gasteiger partial charge in [-0.05, 0) is 42.9 Å². The second-order valence-electron chi connectivity index (χ2n) is 8.22. The summed E-state index contributed by atoms with van der Waals surface area (Å²) in [6.07, 6.45) is 10.7. The predicted octanol–water partition coefficient (Wildman–Crippen LogP) is 2.68. The molecule has 0 radical (unpaired) electrons. The van der Waals surface area contributed by atoms with Gasteiger partial charge in [-0.3, -0.25) is 9.97 Å². The van der Waals surface area contributed by atoms with Crippen LogP contribution in [0.3, 0.4) is 0 Å². The zero-order valence-electron chi connectivity index (χ0n) is 16.7. The number of rotatable bonds is 4. The average molecular weight is 390 g/mol. The number of hydrogen-bond acceptors (Lipinski definition) is 7. The Hall–Kier alpha value is -2.64. The summed E-state index contributed by atoms with van der Waals surface area (Å²) in [5, 5.41) is 4.71. The lowest BCUT2D eigenvalue weighted by molar-refractivity contribution is 0.163. The molecule has 7 nitrogen and oxygen atoms in total. The lowest BCUT2D eigenvalue weighted by atomic mass is 9.76. The first-order valence-corrected chi connectivity index (χ1v) is 10.3. The lowest BCUT2D eigenvalue weighted by Gasteiger charge is -2.40. The van der Waals surface area contributed by atoms with Crippen molar-refractivity contribution < 1.29 is 4.74 Å². The quantitative estimate of drug-likeness (QED) is 0.734. The minimum atomic E-state index is 0.387. The molecule has 0 unspecified atom stereocenters. The molecule has 0 aromatic carbocycles. The minimum Gasteiger partial charge on any atom is -0.383 e. The smallest absolute Gasteiger partial charge is 0.162 e. The Balaban J connectivity index is 1.43. The molecule has 3 aromatic rings. The van der Waals surface area contributed by atoms with Crippen LogP contribution >= 0.6 is 0 Å². The van der Waals surface area contributed by atoms with Crippen LogP contribution in [0.5, 0.6) is 0 Å². The zero-order chi connectivity index (χ0) is 19.7. The number of piperidine rings is 1. The Bertz CT molecular complexity index is 987. The average Bonchev–Trinajstić information content (AvgIpc) is 3.16. The van der Waals surface area contributed by atoms with E-state index in [1.807, 2.05) is 30.6 Å². The van der Waals surface area contributed by atoms with Crippen LogP contribution in [0.2, 0.25) is 0 Å². The molecule has 1 N–H and O–H groups in total. The summed E-state index contributed by atoms with van der Waals surface area (Å²) in [5.41, 5.74) is 2.24. The first-order chi connectivity index (χ1) is 14.3. The van der Waals surface area contributed by atoms with Crippen molar-refractivity contribution in [1.82, 2.24) is 25.3 Å². The highest BCUT2D eigenvalue weighted by Gasteiger charge is 2.41. The van der Waals surface area contributed by atoms with Gasteiger partial charge in [0, 0.05) is 62.3 Å². The molecule has 1 atom stereocenters. The number of hydrogen-bond donors (Lipinski definition) is 1. The number of pyridine rings is 2. The third kappa shape index (κ3) is 3.56. The number of methoxy groups -OCH3 is 1. The highest BCUT2D eigenvalue weighted by Crippen LogP contribution is 2.41. The normalized spacial score (nSPS) is 21.1. The van der Waals surface area contributed by atoms with E-state index >= 15 is 0 Å². The maximum atomic E-state index is 5.35. The van der Waals surface area contributed by atoms with Crippen molar-refractivity contribution in [3.63, 3.8) is 0 Å². The first-order valence-electron chi connectivity index (χ1n) is 10.3. The van der Waals surface area contributed by atoms with Gasteiger partial charge in [0.25, 0.3) is 0 Å². The molecule has 2 aliphatic rings. The van der Waals surface area contributed by atoms with Gasteiger partial charge in [-0.15, -0.1) is 0 Å². The second-order valence-corrected chi connectivity index (χ2v) is 8.22. The molecule has 7 heteroatoms. The van der Waals surface area contributed by atoms with Crippen LogP contribution in [0.25, 0.3) is 22.3 Å². The summed E-state index contributed by atoms with van der Waals surface area (Å²) in [4.78, 5) is 20.5. The van der Waals surface area contributed by atoms with Crippen molar-refractivity contribution >= 4 is 16.7 Å². The molecular formula is C22H26N6O. The number of fused-ring (bicyclic) bond motifs is 1. The van der Waals surface area contributed by atoms with Gasteiger partial charge in [-0.2, -0.15) is 0 Å². The molecule has 0 amide bonds. The standard InChI is InChI=1S/C22H26N6O/c1-29-14-17-12-22(15-25-17)5-10-28(11-6-22)21-18-4-9-24-13-19(18)26-20(27-21)16-2-7-23-8-3-16/h2-4,7-9,13,17,25H,5-6,10-12,14-15H2,1H3/t17-/m1/s1. The molecule has 150 valence electrons. The highest BCUT2D eigenvalue weighted by molar-refractivity contribution is 5.90. The largest absolute Gasteiger partial charge is 0.383 e. The predicted molar refractivity (Wildman–Crippen MR) is 113 cm³/mol. The van der Waals surface area contributed by atoms with Crippen molar-refractivity contribution in [2.75, 3.05) is 38.3 Å².